The van der Waals surface area contributed by atoms with Crippen LogP contribution in [0.15, 0.2) is 18.2 Å². The Morgan fingerprint density at radius 1 is 0.815 bits per heavy atom. The number of primary amides is 2. The van der Waals surface area contributed by atoms with E-state index in [9.17, 15) is 62.4 Å². The summed E-state index contributed by atoms with van der Waals surface area (Å²) in [6.45, 7) is 4.85. The van der Waals surface area contributed by atoms with Crippen LogP contribution in [0.1, 0.15) is 103 Å². The number of aryl methyl sites for hydroxylation is 1. The van der Waals surface area contributed by atoms with Crippen LogP contribution in [0.3, 0.4) is 0 Å². The molecule has 1 aliphatic carbocycles. The van der Waals surface area contributed by atoms with E-state index in [0.717, 1.165) is 0 Å². The predicted molar refractivity (Wildman–Crippen MR) is 234 cm³/mol. The molecule has 1 aliphatic heterocycles. The van der Waals surface area contributed by atoms with Crippen LogP contribution in [-0.4, -0.2) is 127 Å². The van der Waals surface area contributed by atoms with Gasteiger partial charge in [-0.3, -0.25) is 52.2 Å². The SMILES string of the molecule is CC(C)C[C@@H]1NC(=O)[C@H](C)NC(=O)C[S@@](=O)C[C@@H](C(N)=O)NC(=O)CCCCNC(=O)[C@H](CC(N)=O)NC(=O)C2(CCCCC2)NC(=O)[C@H](Cc2ccc(O)c(CCC(=O)O)c2)NC1=O. The highest BCUT2D eigenvalue weighted by Crippen LogP contribution is 2.29. The number of phenols is 1. The molecule has 1 aromatic carbocycles. The van der Waals surface area contributed by atoms with Crippen molar-refractivity contribution in [3.8, 4) is 5.75 Å². The van der Waals surface area contributed by atoms with E-state index >= 15 is 0 Å². The van der Waals surface area contributed by atoms with Crippen LogP contribution in [0, 0.1) is 5.92 Å². The summed E-state index contributed by atoms with van der Waals surface area (Å²) in [5, 5.41) is 37.8. The number of carboxylic acids is 1. The molecule has 2 aliphatic rings. The van der Waals surface area contributed by atoms with Gasteiger partial charge in [0.2, 0.25) is 53.2 Å². The summed E-state index contributed by atoms with van der Waals surface area (Å²) in [6, 6.07) is -2.63. The maximum absolute atomic E-state index is 14.5. The van der Waals surface area contributed by atoms with Gasteiger partial charge in [-0.25, -0.2) is 0 Å². The molecule has 22 nitrogen and oxygen atoms in total. The molecule has 360 valence electrons. The lowest BCUT2D eigenvalue weighted by molar-refractivity contribution is -0.139. The summed E-state index contributed by atoms with van der Waals surface area (Å²) in [4.78, 5) is 131. The van der Waals surface area contributed by atoms with Gasteiger partial charge in [0.05, 0.1) is 12.2 Å². The summed E-state index contributed by atoms with van der Waals surface area (Å²) in [7, 11) is -2.05. The highest BCUT2D eigenvalue weighted by Gasteiger charge is 2.44. The average molecular weight is 934 g/mol. The summed E-state index contributed by atoms with van der Waals surface area (Å²) in [6.07, 6.45) is 0.973. The first-order valence-electron chi connectivity index (χ1n) is 21.6. The number of rotatable bonds is 10. The van der Waals surface area contributed by atoms with Crippen LogP contribution in [0.2, 0.25) is 0 Å². The average Bonchev–Trinajstić information content (AvgIpc) is 3.21. The van der Waals surface area contributed by atoms with Crippen molar-refractivity contribution in [1.29, 1.82) is 0 Å². The van der Waals surface area contributed by atoms with Gasteiger partial charge in [0.15, 0.2) is 0 Å². The zero-order valence-electron chi connectivity index (χ0n) is 37.0. The molecule has 0 unspecified atom stereocenters. The minimum absolute atomic E-state index is 0.0122. The Morgan fingerprint density at radius 2 is 1.49 bits per heavy atom. The van der Waals surface area contributed by atoms with Gasteiger partial charge in [0.25, 0.3) is 0 Å². The Kier molecular flexibility index (Phi) is 20.8. The minimum Gasteiger partial charge on any atom is -0.508 e. The fourth-order valence-electron chi connectivity index (χ4n) is 7.47. The van der Waals surface area contributed by atoms with Gasteiger partial charge in [-0.05, 0) is 68.6 Å². The van der Waals surface area contributed by atoms with Crippen molar-refractivity contribution in [2.24, 2.45) is 17.4 Å². The van der Waals surface area contributed by atoms with Gasteiger partial charge in [-0.2, -0.15) is 0 Å². The third-order valence-corrected chi connectivity index (χ3v) is 12.2. The first-order valence-corrected chi connectivity index (χ1v) is 23.1. The smallest absolute Gasteiger partial charge is 0.303 e. The number of nitrogens with one attached hydrogen (secondary N) is 7. The maximum Gasteiger partial charge on any atom is 0.303 e. The number of nitrogens with two attached hydrogens (primary N) is 2. The van der Waals surface area contributed by atoms with E-state index in [1.54, 1.807) is 13.8 Å². The molecule has 23 heteroatoms. The van der Waals surface area contributed by atoms with E-state index in [4.69, 9.17) is 11.5 Å². The number of carbonyl (C=O) groups is 10. The second-order valence-corrected chi connectivity index (χ2v) is 18.5. The Labute approximate surface area is 379 Å². The number of hydrogen-bond acceptors (Lipinski definition) is 12. The molecule has 1 spiro atoms. The van der Waals surface area contributed by atoms with Crippen LogP contribution in [0.4, 0.5) is 0 Å². The van der Waals surface area contributed by atoms with Crippen molar-refractivity contribution in [2.45, 2.75) is 140 Å². The highest BCUT2D eigenvalue weighted by atomic mass is 32.2. The molecular weight excluding hydrogens is 871 g/mol. The zero-order chi connectivity index (χ0) is 48.4. The Hall–Kier alpha value is -6.13. The number of amides is 9. The lowest BCUT2D eigenvalue weighted by Crippen LogP contribution is -2.66. The molecule has 65 heavy (non-hydrogen) atoms. The third kappa shape index (κ3) is 17.8. The van der Waals surface area contributed by atoms with Gasteiger partial charge < -0.3 is 58.9 Å². The minimum atomic E-state index is -2.05. The summed E-state index contributed by atoms with van der Waals surface area (Å²) >= 11 is 0. The van der Waals surface area contributed by atoms with Crippen LogP contribution >= 0.6 is 0 Å². The third-order valence-electron chi connectivity index (χ3n) is 10.9. The second-order valence-electron chi connectivity index (χ2n) is 17.0. The monoisotopic (exact) mass is 933 g/mol. The van der Waals surface area contributed by atoms with Gasteiger partial charge in [0, 0.05) is 36.6 Å². The molecule has 1 saturated heterocycles. The standard InChI is InChI=1S/C42H63N9O13S/c1-23(2)17-27-39(61)49-28(19-25-10-12-31(52)26(18-25)11-13-35(56)57)40(62)51-42(14-6-4-7-15-42)41(63)50-29(20-32(43)53)38(60)45-16-8-5-9-33(54)47-30(36(44)58)21-65(64)22-34(55)46-24(3)37(59)48-27/h10,12,18,23-24,27-30,52H,4-9,11,13-17,19-22H2,1-3H3,(H2,43,53)(H2,44,58)(H,45,60)(H,46,55)(H,47,54)(H,48,59)(H,49,61)(H,50,63)(H,51,62)(H,56,57)/t24-,27-,28-,29-,30-,65-/m0/s1. The lowest BCUT2D eigenvalue weighted by atomic mass is 9.80. The number of phenolic OH excluding ortho intramolecular Hbond substituents is 1. The molecule has 13 N–H and O–H groups in total. The number of hydrogen-bond donors (Lipinski definition) is 11. The van der Waals surface area contributed by atoms with Crippen molar-refractivity contribution >= 4 is 69.9 Å². The van der Waals surface area contributed by atoms with Crippen molar-refractivity contribution in [2.75, 3.05) is 18.1 Å². The van der Waals surface area contributed by atoms with Crippen LogP contribution in [-0.2, 0) is 71.6 Å². The Bertz CT molecular complexity index is 1970. The Balaban J connectivity index is 2.06. The first kappa shape index (κ1) is 53.2. The predicted octanol–water partition coefficient (Wildman–Crippen LogP) is -2.33. The number of aromatic hydroxyl groups is 1. The maximum atomic E-state index is 14.5. The fraction of sp³-hybridized carbons (Fsp3) is 0.619. The quantitative estimate of drug-likeness (QED) is 0.117. The van der Waals surface area contributed by atoms with E-state index in [2.05, 4.69) is 37.2 Å². The molecule has 0 aromatic heterocycles. The van der Waals surface area contributed by atoms with E-state index in [-0.39, 0.29) is 81.6 Å². The molecular formula is C42H63N9O13S. The van der Waals surface area contributed by atoms with E-state index in [1.807, 2.05) is 0 Å². The van der Waals surface area contributed by atoms with Crippen molar-refractivity contribution in [1.82, 2.24) is 37.2 Å². The van der Waals surface area contributed by atoms with Crippen LogP contribution in [0.5, 0.6) is 5.75 Å². The number of carboxylic acid groups (broad SMARTS) is 1. The van der Waals surface area contributed by atoms with Gasteiger partial charge >= 0.3 is 5.97 Å². The van der Waals surface area contributed by atoms with E-state index < -0.39 is 124 Å². The highest BCUT2D eigenvalue weighted by molar-refractivity contribution is 7.85. The number of benzene rings is 1. The van der Waals surface area contributed by atoms with Crippen molar-refractivity contribution < 1.29 is 62.4 Å². The van der Waals surface area contributed by atoms with E-state index in [1.165, 1.54) is 25.1 Å². The largest absolute Gasteiger partial charge is 0.508 e. The molecule has 1 aromatic rings. The second kappa shape index (κ2) is 25.4. The molecule has 1 saturated carbocycles. The van der Waals surface area contributed by atoms with Crippen LogP contribution < -0.4 is 48.7 Å². The normalized spacial score (nSPS) is 25.1. The molecule has 0 radical (unpaired) electrons. The zero-order valence-corrected chi connectivity index (χ0v) is 37.8. The van der Waals surface area contributed by atoms with Gasteiger partial charge in [-0.1, -0.05) is 45.2 Å². The molecule has 0 bridgehead atoms. The Morgan fingerprint density at radius 3 is 2.12 bits per heavy atom. The van der Waals surface area contributed by atoms with Gasteiger partial charge in [0.1, 0.15) is 47.3 Å². The lowest BCUT2D eigenvalue weighted by Gasteiger charge is -2.38. The summed E-state index contributed by atoms with van der Waals surface area (Å²) < 4.78 is 12.9. The molecule has 3 rings (SSSR count). The van der Waals surface area contributed by atoms with Crippen molar-refractivity contribution in [3.63, 3.8) is 0 Å². The molecule has 1 heterocycles. The summed E-state index contributed by atoms with van der Waals surface area (Å²) in [5.74, 6) is -10.2. The van der Waals surface area contributed by atoms with E-state index in [0.29, 0.717) is 24.8 Å². The molecule has 9 amide bonds. The first-order chi connectivity index (χ1) is 30.6. The number of aliphatic carboxylic acids is 1. The van der Waals surface area contributed by atoms with Crippen molar-refractivity contribution in [3.05, 3.63) is 29.3 Å². The summed E-state index contributed by atoms with van der Waals surface area (Å²) in [5.41, 5.74) is 9.90. The van der Waals surface area contributed by atoms with Crippen LogP contribution in [0.25, 0.3) is 0 Å². The topological polar surface area (TPSA) is 364 Å². The molecule has 6 atom stereocenters. The fourth-order valence-corrected chi connectivity index (χ4v) is 8.58. The number of carbonyl (C=O) groups excluding carboxylic acids is 9. The van der Waals surface area contributed by atoms with Gasteiger partial charge in [-0.15, -0.1) is 0 Å². The molecule has 2 fully saturated rings.